The Morgan fingerprint density at radius 3 is 2.79 bits per heavy atom. The molecule has 3 amide bonds. The molecule has 33 heavy (non-hydrogen) atoms. The summed E-state index contributed by atoms with van der Waals surface area (Å²) < 4.78 is 45.5. The van der Waals surface area contributed by atoms with Crippen molar-refractivity contribution in [1.29, 1.82) is 0 Å². The Morgan fingerprint density at radius 2 is 2.15 bits per heavy atom. The summed E-state index contributed by atoms with van der Waals surface area (Å²) in [5.41, 5.74) is 0.600. The van der Waals surface area contributed by atoms with Crippen molar-refractivity contribution in [3.8, 4) is 5.75 Å². The van der Waals surface area contributed by atoms with Crippen LogP contribution in [-0.2, 0) is 10.0 Å². The second-order valence-electron chi connectivity index (χ2n) is 6.83. The van der Waals surface area contributed by atoms with Gasteiger partial charge in [0.15, 0.2) is 6.73 Å². The maximum absolute atomic E-state index is 14.1. The normalized spacial score (nSPS) is 17.7. The Hall–Kier alpha value is -3.03. The van der Waals surface area contributed by atoms with Crippen LogP contribution in [0.2, 0.25) is 0 Å². The minimum absolute atomic E-state index is 0.0249. The molecule has 3 heterocycles. The Balaban J connectivity index is 1.43. The smallest absolute Gasteiger partial charge is 0.334 e. The quantitative estimate of drug-likeness (QED) is 0.519. The molecule has 0 bridgehead atoms. The summed E-state index contributed by atoms with van der Waals surface area (Å²) >= 11 is 6.81. The predicted octanol–water partition coefficient (Wildman–Crippen LogP) is 3.25. The molecule has 1 aromatic heterocycles. The number of allylic oxidation sites excluding steroid dienone is 1. The van der Waals surface area contributed by atoms with Gasteiger partial charge in [-0.25, -0.2) is 27.3 Å². The average molecular weight is 514 g/mol. The fourth-order valence-corrected chi connectivity index (χ4v) is 5.94. The zero-order valence-corrected chi connectivity index (χ0v) is 19.4. The number of aromatic nitrogens is 1. The van der Waals surface area contributed by atoms with Gasteiger partial charge in [-0.2, -0.15) is 0 Å². The van der Waals surface area contributed by atoms with E-state index >= 15 is 0 Å². The molecular weight excluding hydrogens is 497 g/mol. The lowest BCUT2D eigenvalue weighted by atomic mass is 10.1. The molecule has 0 radical (unpaired) electrons. The molecule has 3 N–H and O–H groups in total. The zero-order valence-electron chi connectivity index (χ0n) is 17.0. The molecule has 1 aromatic carbocycles. The van der Waals surface area contributed by atoms with Crippen molar-refractivity contribution in [3.05, 3.63) is 52.2 Å². The van der Waals surface area contributed by atoms with Crippen LogP contribution < -0.4 is 25.0 Å². The van der Waals surface area contributed by atoms with Crippen LogP contribution in [0.3, 0.4) is 0 Å². The predicted molar refractivity (Wildman–Crippen MR) is 123 cm³/mol. The largest absolute Gasteiger partial charge is 0.472 e. The maximum atomic E-state index is 14.1. The van der Waals surface area contributed by atoms with Crippen molar-refractivity contribution in [3.63, 3.8) is 0 Å². The van der Waals surface area contributed by atoms with Crippen LogP contribution >= 0.6 is 23.4 Å². The molecule has 0 spiro atoms. The van der Waals surface area contributed by atoms with E-state index in [2.05, 4.69) is 15.6 Å². The van der Waals surface area contributed by atoms with Gasteiger partial charge in [0.2, 0.25) is 0 Å². The van der Waals surface area contributed by atoms with E-state index in [0.717, 1.165) is 17.8 Å². The number of halogens is 2. The van der Waals surface area contributed by atoms with Crippen LogP contribution in [0.1, 0.15) is 16.8 Å². The third-order valence-corrected chi connectivity index (χ3v) is 8.06. The number of rotatable bonds is 5. The van der Waals surface area contributed by atoms with E-state index < -0.39 is 32.5 Å². The highest BCUT2D eigenvalue weighted by Gasteiger charge is 2.30. The van der Waals surface area contributed by atoms with Crippen LogP contribution in [0.15, 0.2) is 40.8 Å². The first kappa shape index (κ1) is 23.1. The van der Waals surface area contributed by atoms with Gasteiger partial charge in [0.1, 0.15) is 21.6 Å². The molecular formula is C19H17ClFN5O5S2. The molecule has 10 nitrogen and oxygen atoms in total. The SMILES string of the molecule is CNc1cc2c(cc1F)C(=O)N(c1ccc(NC(=O)NS(=O)(=O)C3=CCC(Cl)S3)nc1)CO2. The lowest BCUT2D eigenvalue weighted by molar-refractivity contribution is 0.0936. The number of sulfonamides is 1. The number of fused-ring (bicyclic) bond motifs is 1. The van der Waals surface area contributed by atoms with E-state index in [0.29, 0.717) is 12.1 Å². The summed E-state index contributed by atoms with van der Waals surface area (Å²) in [6.45, 7) is -0.123. The number of carbonyl (C=O) groups is 2. The Labute approximate surface area is 197 Å². The number of anilines is 3. The molecule has 0 saturated heterocycles. The van der Waals surface area contributed by atoms with E-state index in [1.54, 1.807) is 7.05 Å². The summed E-state index contributed by atoms with van der Waals surface area (Å²) in [5, 5.41) is 4.99. The number of alkyl halides is 1. The molecule has 174 valence electrons. The van der Waals surface area contributed by atoms with Gasteiger partial charge in [-0.3, -0.25) is 15.0 Å². The molecule has 0 saturated carbocycles. The molecule has 1 unspecified atom stereocenters. The molecule has 2 aliphatic heterocycles. The fourth-order valence-electron chi connectivity index (χ4n) is 3.08. The highest BCUT2D eigenvalue weighted by atomic mass is 35.5. The number of thioether (sulfide) groups is 1. The van der Waals surface area contributed by atoms with Crippen molar-refractivity contribution in [2.45, 2.75) is 11.1 Å². The van der Waals surface area contributed by atoms with Crippen molar-refractivity contribution in [2.75, 3.05) is 29.3 Å². The topological polar surface area (TPSA) is 130 Å². The molecule has 2 aromatic rings. The van der Waals surface area contributed by atoms with Crippen molar-refractivity contribution >= 4 is 62.5 Å². The van der Waals surface area contributed by atoms with Gasteiger partial charge >= 0.3 is 6.03 Å². The van der Waals surface area contributed by atoms with Gasteiger partial charge in [0, 0.05) is 13.1 Å². The van der Waals surface area contributed by atoms with Crippen LogP contribution in [0.5, 0.6) is 5.75 Å². The van der Waals surface area contributed by atoms with Gasteiger partial charge in [-0.1, -0.05) is 17.8 Å². The Bertz CT molecular complexity index is 1260. The number of amides is 3. The number of benzene rings is 1. The van der Waals surface area contributed by atoms with Crippen molar-refractivity contribution in [1.82, 2.24) is 9.71 Å². The first-order chi connectivity index (χ1) is 15.7. The van der Waals surface area contributed by atoms with Crippen LogP contribution in [0.4, 0.5) is 26.4 Å². The van der Waals surface area contributed by atoms with Gasteiger partial charge < -0.3 is 10.1 Å². The Kier molecular flexibility index (Phi) is 6.36. The number of hydrogen-bond donors (Lipinski definition) is 3. The molecule has 14 heteroatoms. The summed E-state index contributed by atoms with van der Waals surface area (Å²) in [6, 6.07) is 4.36. The van der Waals surface area contributed by atoms with Crippen LogP contribution in [0, 0.1) is 5.82 Å². The summed E-state index contributed by atoms with van der Waals surface area (Å²) in [6.07, 6.45) is 3.11. The van der Waals surface area contributed by atoms with Crippen LogP contribution in [-0.4, -0.2) is 43.8 Å². The molecule has 0 fully saturated rings. The lowest BCUT2D eigenvalue weighted by Gasteiger charge is -2.29. The van der Waals surface area contributed by atoms with E-state index in [-0.39, 0.29) is 33.8 Å². The first-order valence-corrected chi connectivity index (χ1v) is 12.2. The average Bonchev–Trinajstić information content (AvgIpc) is 3.22. The standard InChI is InChI=1S/C19H17ClFN5O5S2/c1-22-13-7-14-11(6-12(13)21)18(27)26(9-31-14)10-2-4-16(23-8-10)24-19(28)25-33(29,30)17-5-3-15(20)32-17/h2,4-8,15,22H,3,9H2,1H3,(H2,23,24,25,28). The maximum Gasteiger partial charge on any atom is 0.334 e. The highest BCUT2D eigenvalue weighted by Crippen LogP contribution is 2.37. The number of carbonyl (C=O) groups excluding carboxylic acids is 2. The number of hydrogen-bond acceptors (Lipinski definition) is 8. The van der Waals surface area contributed by atoms with Crippen molar-refractivity contribution in [2.24, 2.45) is 0 Å². The summed E-state index contributed by atoms with van der Waals surface area (Å²) in [7, 11) is -2.48. The monoisotopic (exact) mass is 513 g/mol. The van der Waals surface area contributed by atoms with E-state index in [9.17, 15) is 22.4 Å². The van der Waals surface area contributed by atoms with Gasteiger partial charge in [-0.05, 0) is 24.6 Å². The highest BCUT2D eigenvalue weighted by molar-refractivity contribution is 8.19. The third-order valence-electron chi connectivity index (χ3n) is 4.67. The molecule has 4 rings (SSSR count). The second-order valence-corrected chi connectivity index (χ2v) is 10.8. The number of nitrogens with one attached hydrogen (secondary N) is 3. The van der Waals surface area contributed by atoms with Gasteiger partial charge in [0.25, 0.3) is 15.9 Å². The number of pyridine rings is 1. The third kappa shape index (κ3) is 4.84. The first-order valence-electron chi connectivity index (χ1n) is 9.44. The number of ether oxygens (including phenoxy) is 1. The second kappa shape index (κ2) is 9.08. The van der Waals surface area contributed by atoms with Gasteiger partial charge in [-0.15, -0.1) is 11.6 Å². The summed E-state index contributed by atoms with van der Waals surface area (Å²) in [5.74, 6) is -0.779. The Morgan fingerprint density at radius 1 is 1.36 bits per heavy atom. The fraction of sp³-hybridized carbons (Fsp3) is 0.211. The lowest BCUT2D eigenvalue weighted by Crippen LogP contribution is -2.39. The molecule has 1 atom stereocenters. The number of nitrogens with zero attached hydrogens (tertiary/aromatic N) is 2. The van der Waals surface area contributed by atoms with Crippen molar-refractivity contribution < 1.29 is 27.1 Å². The van der Waals surface area contributed by atoms with Crippen LogP contribution in [0.25, 0.3) is 0 Å². The number of urea groups is 1. The summed E-state index contributed by atoms with van der Waals surface area (Å²) in [4.78, 5) is 30.2. The molecule has 0 aliphatic carbocycles. The zero-order chi connectivity index (χ0) is 23.8. The minimum atomic E-state index is -4.04. The van der Waals surface area contributed by atoms with E-state index in [1.165, 1.54) is 35.4 Å². The minimum Gasteiger partial charge on any atom is -0.472 e. The van der Waals surface area contributed by atoms with Gasteiger partial charge in [0.05, 0.1) is 27.8 Å². The molecule has 2 aliphatic rings. The van der Waals surface area contributed by atoms with E-state index in [4.69, 9.17) is 16.3 Å². The van der Waals surface area contributed by atoms with E-state index in [1.807, 2.05) is 4.72 Å².